The highest BCUT2D eigenvalue weighted by atomic mass is 35.5. The molecular formula is C9H10Cl2O2. The largest absolute Gasteiger partial charge is 0.491 e. The molecule has 0 aliphatic rings. The van der Waals surface area contributed by atoms with Crippen molar-refractivity contribution in [3.63, 3.8) is 0 Å². The summed E-state index contributed by atoms with van der Waals surface area (Å²) in [5, 5.41) is 9.75. The van der Waals surface area contributed by atoms with Crippen LogP contribution in [0.1, 0.15) is 0 Å². The molecule has 0 saturated heterocycles. The predicted octanol–water partition coefficient (Wildman–Crippen LogP) is 2.32. The maximum absolute atomic E-state index is 9.09. The van der Waals surface area contributed by atoms with Crippen LogP contribution in [-0.2, 0) is 0 Å². The monoisotopic (exact) mass is 220 g/mol. The van der Waals surface area contributed by atoms with Gasteiger partial charge in [-0.05, 0) is 24.3 Å². The first-order chi connectivity index (χ1) is 6.22. The molecule has 1 aromatic rings. The quantitative estimate of drug-likeness (QED) is 0.790. The predicted molar refractivity (Wildman–Crippen MR) is 53.7 cm³/mol. The minimum atomic E-state index is -0.627. The second-order valence-electron chi connectivity index (χ2n) is 2.57. The average Bonchev–Trinajstić information content (AvgIpc) is 2.16. The molecular weight excluding hydrogens is 211 g/mol. The number of hydrogen-bond donors (Lipinski definition) is 1. The van der Waals surface area contributed by atoms with Crippen LogP contribution in [0.5, 0.6) is 5.75 Å². The van der Waals surface area contributed by atoms with Gasteiger partial charge in [0.25, 0.3) is 0 Å². The summed E-state index contributed by atoms with van der Waals surface area (Å²) in [6.07, 6.45) is -0.627. The third-order valence-corrected chi connectivity index (χ3v) is 2.04. The van der Waals surface area contributed by atoms with Gasteiger partial charge in [0.2, 0.25) is 0 Å². The van der Waals surface area contributed by atoms with E-state index >= 15 is 0 Å². The van der Waals surface area contributed by atoms with Crippen LogP contribution in [0, 0.1) is 0 Å². The molecule has 4 heteroatoms. The van der Waals surface area contributed by atoms with E-state index < -0.39 is 6.10 Å². The molecule has 1 aromatic carbocycles. The topological polar surface area (TPSA) is 29.5 Å². The van der Waals surface area contributed by atoms with E-state index in [1.54, 1.807) is 24.3 Å². The van der Waals surface area contributed by atoms with Crippen LogP contribution in [0.4, 0.5) is 0 Å². The lowest BCUT2D eigenvalue weighted by atomic mass is 10.3. The summed E-state index contributed by atoms with van der Waals surface area (Å²) in [4.78, 5) is 0. The smallest absolute Gasteiger partial charge is 0.119 e. The van der Waals surface area contributed by atoms with Gasteiger partial charge in [-0.1, -0.05) is 11.6 Å². The van der Waals surface area contributed by atoms with Gasteiger partial charge in [-0.15, -0.1) is 11.6 Å². The summed E-state index contributed by atoms with van der Waals surface area (Å²) in [5.41, 5.74) is 0. The molecule has 72 valence electrons. The molecule has 0 bridgehead atoms. The van der Waals surface area contributed by atoms with E-state index in [1.807, 2.05) is 0 Å². The van der Waals surface area contributed by atoms with E-state index in [2.05, 4.69) is 0 Å². The van der Waals surface area contributed by atoms with Gasteiger partial charge >= 0.3 is 0 Å². The van der Waals surface area contributed by atoms with Crippen LogP contribution < -0.4 is 4.74 Å². The fourth-order valence-electron chi connectivity index (χ4n) is 0.768. The van der Waals surface area contributed by atoms with Crippen LogP contribution in [0.25, 0.3) is 0 Å². The molecule has 1 N–H and O–H groups in total. The van der Waals surface area contributed by atoms with E-state index in [4.69, 9.17) is 33.0 Å². The summed E-state index contributed by atoms with van der Waals surface area (Å²) >= 11 is 11.1. The van der Waals surface area contributed by atoms with Gasteiger partial charge in [0, 0.05) is 5.02 Å². The minimum Gasteiger partial charge on any atom is -0.491 e. The molecule has 0 heterocycles. The summed E-state index contributed by atoms with van der Waals surface area (Å²) in [7, 11) is 0. The third-order valence-electron chi connectivity index (χ3n) is 1.43. The number of rotatable bonds is 4. The van der Waals surface area contributed by atoms with Crippen molar-refractivity contribution in [3.8, 4) is 5.75 Å². The highest BCUT2D eigenvalue weighted by Crippen LogP contribution is 2.15. The molecule has 0 unspecified atom stereocenters. The number of alkyl halides is 1. The molecule has 2 nitrogen and oxygen atoms in total. The highest BCUT2D eigenvalue weighted by Gasteiger charge is 2.02. The zero-order chi connectivity index (χ0) is 9.68. The number of halogens is 2. The Morgan fingerprint density at radius 3 is 2.46 bits per heavy atom. The summed E-state index contributed by atoms with van der Waals surface area (Å²) in [6, 6.07) is 6.93. The van der Waals surface area contributed by atoms with E-state index in [0.717, 1.165) is 0 Å². The molecule has 0 aliphatic carbocycles. The Morgan fingerprint density at radius 1 is 1.31 bits per heavy atom. The van der Waals surface area contributed by atoms with Crippen LogP contribution in [-0.4, -0.2) is 23.7 Å². The number of aliphatic hydroxyl groups excluding tert-OH is 1. The summed E-state index contributed by atoms with van der Waals surface area (Å²) in [5.74, 6) is 0.849. The van der Waals surface area contributed by atoms with E-state index in [9.17, 15) is 0 Å². The SMILES string of the molecule is O[C@H](CCl)COc1ccc(Cl)cc1. The first-order valence-electron chi connectivity index (χ1n) is 3.85. The molecule has 0 radical (unpaired) electrons. The van der Waals surface area contributed by atoms with Gasteiger partial charge in [0.05, 0.1) is 5.88 Å². The van der Waals surface area contributed by atoms with Crippen molar-refractivity contribution in [2.75, 3.05) is 12.5 Å². The van der Waals surface area contributed by atoms with Crippen molar-refractivity contribution >= 4 is 23.2 Å². The lowest BCUT2D eigenvalue weighted by Crippen LogP contribution is -2.18. The first-order valence-corrected chi connectivity index (χ1v) is 4.76. The van der Waals surface area contributed by atoms with E-state index in [1.165, 1.54) is 0 Å². The van der Waals surface area contributed by atoms with Crippen molar-refractivity contribution in [3.05, 3.63) is 29.3 Å². The fraction of sp³-hybridized carbons (Fsp3) is 0.333. The maximum Gasteiger partial charge on any atom is 0.119 e. The Balaban J connectivity index is 2.41. The molecule has 0 spiro atoms. The molecule has 0 saturated carbocycles. The highest BCUT2D eigenvalue weighted by molar-refractivity contribution is 6.30. The lowest BCUT2D eigenvalue weighted by Gasteiger charge is -2.08. The second-order valence-corrected chi connectivity index (χ2v) is 3.32. The number of aliphatic hydroxyl groups is 1. The fourth-order valence-corrected chi connectivity index (χ4v) is 0.983. The second kappa shape index (κ2) is 5.32. The van der Waals surface area contributed by atoms with Crippen LogP contribution in [0.2, 0.25) is 5.02 Å². The molecule has 0 aliphatic heterocycles. The average molecular weight is 221 g/mol. The zero-order valence-electron chi connectivity index (χ0n) is 6.91. The van der Waals surface area contributed by atoms with Crippen molar-refractivity contribution < 1.29 is 9.84 Å². The van der Waals surface area contributed by atoms with Crippen LogP contribution in [0.15, 0.2) is 24.3 Å². The first kappa shape index (κ1) is 10.6. The Morgan fingerprint density at radius 2 is 1.92 bits per heavy atom. The minimum absolute atomic E-state index is 0.174. The lowest BCUT2D eigenvalue weighted by molar-refractivity contribution is 0.125. The van der Waals surface area contributed by atoms with E-state index in [-0.39, 0.29) is 12.5 Å². The molecule has 0 aromatic heterocycles. The summed E-state index contributed by atoms with van der Waals surface area (Å²) < 4.78 is 5.22. The number of hydrogen-bond acceptors (Lipinski definition) is 2. The molecule has 1 rings (SSSR count). The molecule has 0 fully saturated rings. The Labute approximate surface area is 87.0 Å². The van der Waals surface area contributed by atoms with Gasteiger partial charge in [0.1, 0.15) is 18.5 Å². The van der Waals surface area contributed by atoms with Gasteiger partial charge in [-0.25, -0.2) is 0 Å². The molecule has 13 heavy (non-hydrogen) atoms. The van der Waals surface area contributed by atoms with Gasteiger partial charge in [0.15, 0.2) is 0 Å². The van der Waals surface area contributed by atoms with Crippen molar-refractivity contribution in [2.24, 2.45) is 0 Å². The number of benzene rings is 1. The molecule has 1 atom stereocenters. The van der Waals surface area contributed by atoms with Gasteiger partial charge in [-0.3, -0.25) is 0 Å². The van der Waals surface area contributed by atoms with Crippen molar-refractivity contribution in [1.82, 2.24) is 0 Å². The van der Waals surface area contributed by atoms with Gasteiger partial charge in [-0.2, -0.15) is 0 Å². The van der Waals surface area contributed by atoms with Gasteiger partial charge < -0.3 is 9.84 Å². The zero-order valence-corrected chi connectivity index (χ0v) is 8.42. The maximum atomic E-state index is 9.09. The standard InChI is InChI=1S/C9H10Cl2O2/c10-5-8(12)6-13-9-3-1-7(11)2-4-9/h1-4,8,12H,5-6H2/t8-/m1/s1. The molecule has 0 amide bonds. The normalized spacial score (nSPS) is 12.5. The Hall–Kier alpha value is -0.440. The van der Waals surface area contributed by atoms with Crippen LogP contribution in [0.3, 0.4) is 0 Å². The van der Waals surface area contributed by atoms with E-state index in [0.29, 0.717) is 10.8 Å². The van der Waals surface area contributed by atoms with Crippen molar-refractivity contribution in [1.29, 1.82) is 0 Å². The van der Waals surface area contributed by atoms with Crippen molar-refractivity contribution in [2.45, 2.75) is 6.10 Å². The number of ether oxygens (including phenoxy) is 1. The van der Waals surface area contributed by atoms with Crippen LogP contribution >= 0.6 is 23.2 Å². The third kappa shape index (κ3) is 3.85. The Bertz CT molecular complexity index is 248. The summed E-state index contributed by atoms with van der Waals surface area (Å²) in [6.45, 7) is 0.200. The Kier molecular flexibility index (Phi) is 4.36.